The van der Waals surface area contributed by atoms with Crippen LogP contribution in [-0.2, 0) is 11.3 Å². The van der Waals surface area contributed by atoms with Crippen molar-refractivity contribution < 1.29 is 9.30 Å². The first kappa shape index (κ1) is 19.0. The molecule has 1 aromatic carbocycles. The van der Waals surface area contributed by atoms with Crippen LogP contribution in [0.1, 0.15) is 51.2 Å². The number of halogens is 1. The van der Waals surface area contributed by atoms with E-state index in [2.05, 4.69) is 36.9 Å². The van der Waals surface area contributed by atoms with Gasteiger partial charge in [-0.2, -0.15) is 0 Å². The molecule has 0 saturated heterocycles. The van der Waals surface area contributed by atoms with Crippen LogP contribution in [0.4, 0.5) is 0 Å². The smallest absolute Gasteiger partial charge is 0.178 e. The van der Waals surface area contributed by atoms with Crippen LogP contribution in [0.5, 0.6) is 0 Å². The third-order valence-corrected chi connectivity index (χ3v) is 4.69. The maximum atomic E-state index is 6.36. The summed E-state index contributed by atoms with van der Waals surface area (Å²) < 4.78 is 8.52. The molecule has 0 aliphatic heterocycles. The second kappa shape index (κ2) is 10.5. The molecule has 3 heteroatoms. The van der Waals surface area contributed by atoms with E-state index in [0.29, 0.717) is 5.92 Å². The lowest BCUT2D eigenvalue weighted by molar-refractivity contribution is -0.705. The molecule has 2 rings (SSSR count). The summed E-state index contributed by atoms with van der Waals surface area (Å²) >= 11 is 6.19. The van der Waals surface area contributed by atoms with Crippen LogP contribution in [0.2, 0.25) is 5.02 Å². The van der Waals surface area contributed by atoms with Gasteiger partial charge in [0.1, 0.15) is 6.10 Å². The summed E-state index contributed by atoms with van der Waals surface area (Å²) in [6, 6.07) is 14.2. The van der Waals surface area contributed by atoms with E-state index in [1.807, 2.05) is 36.4 Å². The molecule has 24 heavy (non-hydrogen) atoms. The SMILES string of the molecule is CCCCC(CC)COC(C[n+]1ccccc1)c1cccc(Cl)c1. The number of aromatic nitrogens is 1. The van der Waals surface area contributed by atoms with Gasteiger partial charge in [-0.05, 0) is 30.0 Å². The minimum atomic E-state index is 0.0202. The van der Waals surface area contributed by atoms with Gasteiger partial charge in [0.05, 0.1) is 6.61 Å². The Balaban J connectivity index is 2.07. The summed E-state index contributed by atoms with van der Waals surface area (Å²) in [4.78, 5) is 0. The summed E-state index contributed by atoms with van der Waals surface area (Å²) in [6.45, 7) is 6.10. The summed E-state index contributed by atoms with van der Waals surface area (Å²) in [5, 5.41) is 0.761. The van der Waals surface area contributed by atoms with Gasteiger partial charge < -0.3 is 4.74 Å². The van der Waals surface area contributed by atoms with Crippen LogP contribution in [0, 0.1) is 5.92 Å². The van der Waals surface area contributed by atoms with Crippen LogP contribution in [-0.4, -0.2) is 6.61 Å². The van der Waals surface area contributed by atoms with Gasteiger partial charge in [-0.15, -0.1) is 0 Å². The summed E-state index contributed by atoms with van der Waals surface area (Å²) in [7, 11) is 0. The molecule has 2 aromatic rings. The van der Waals surface area contributed by atoms with E-state index < -0.39 is 0 Å². The molecular formula is C21H29ClNO+. The van der Waals surface area contributed by atoms with Gasteiger partial charge in [-0.1, -0.05) is 62.9 Å². The van der Waals surface area contributed by atoms with Crippen molar-refractivity contribution in [2.24, 2.45) is 5.92 Å². The molecule has 2 atom stereocenters. The van der Waals surface area contributed by atoms with Gasteiger partial charge in [0, 0.05) is 17.2 Å². The number of hydrogen-bond donors (Lipinski definition) is 0. The average molecular weight is 347 g/mol. The quantitative estimate of drug-likeness (QED) is 0.510. The van der Waals surface area contributed by atoms with E-state index in [-0.39, 0.29) is 6.10 Å². The van der Waals surface area contributed by atoms with Crippen LogP contribution >= 0.6 is 11.6 Å². The van der Waals surface area contributed by atoms with Gasteiger partial charge in [-0.3, -0.25) is 0 Å². The van der Waals surface area contributed by atoms with Crippen LogP contribution in [0.3, 0.4) is 0 Å². The largest absolute Gasteiger partial charge is 0.367 e. The van der Waals surface area contributed by atoms with Crippen molar-refractivity contribution in [1.82, 2.24) is 0 Å². The Morgan fingerprint density at radius 2 is 1.88 bits per heavy atom. The predicted octanol–water partition coefficient (Wildman–Crippen LogP) is 5.60. The molecule has 2 nitrogen and oxygen atoms in total. The minimum Gasteiger partial charge on any atom is -0.367 e. The van der Waals surface area contributed by atoms with Crippen molar-refractivity contribution in [3.05, 3.63) is 65.4 Å². The number of hydrogen-bond acceptors (Lipinski definition) is 1. The molecule has 0 aliphatic carbocycles. The van der Waals surface area contributed by atoms with E-state index in [4.69, 9.17) is 16.3 Å². The van der Waals surface area contributed by atoms with E-state index >= 15 is 0 Å². The maximum absolute atomic E-state index is 6.36. The molecule has 0 bridgehead atoms. The Hall–Kier alpha value is -1.38. The van der Waals surface area contributed by atoms with Crippen LogP contribution < -0.4 is 4.57 Å². The fraction of sp³-hybridized carbons (Fsp3) is 0.476. The number of benzene rings is 1. The second-order valence-electron chi connectivity index (χ2n) is 6.37. The van der Waals surface area contributed by atoms with E-state index in [9.17, 15) is 0 Å². The van der Waals surface area contributed by atoms with Crippen LogP contribution in [0.25, 0.3) is 0 Å². The van der Waals surface area contributed by atoms with Crippen molar-refractivity contribution >= 4 is 11.6 Å². The highest BCUT2D eigenvalue weighted by atomic mass is 35.5. The Labute approximate surface area is 151 Å². The summed E-state index contributed by atoms with van der Waals surface area (Å²) in [5.74, 6) is 0.632. The van der Waals surface area contributed by atoms with Crippen molar-refractivity contribution in [3.8, 4) is 0 Å². The average Bonchev–Trinajstić information content (AvgIpc) is 2.61. The van der Waals surface area contributed by atoms with Crippen molar-refractivity contribution in [1.29, 1.82) is 0 Å². The normalized spacial score (nSPS) is 13.6. The molecule has 0 radical (unpaired) electrons. The molecule has 1 aromatic heterocycles. The van der Waals surface area contributed by atoms with Crippen molar-refractivity contribution in [2.45, 2.75) is 52.2 Å². The third kappa shape index (κ3) is 6.26. The van der Waals surface area contributed by atoms with E-state index in [1.54, 1.807) is 0 Å². The zero-order valence-corrected chi connectivity index (χ0v) is 15.6. The first-order chi connectivity index (χ1) is 11.7. The molecule has 0 amide bonds. The van der Waals surface area contributed by atoms with E-state index in [1.165, 1.54) is 25.7 Å². The fourth-order valence-corrected chi connectivity index (χ4v) is 3.06. The lowest BCUT2D eigenvalue weighted by Crippen LogP contribution is -2.37. The highest BCUT2D eigenvalue weighted by Crippen LogP contribution is 2.23. The molecule has 1 heterocycles. The third-order valence-electron chi connectivity index (χ3n) is 4.45. The maximum Gasteiger partial charge on any atom is 0.178 e. The number of unbranched alkanes of at least 4 members (excludes halogenated alkanes) is 1. The Bertz CT molecular complexity index is 587. The highest BCUT2D eigenvalue weighted by molar-refractivity contribution is 6.30. The van der Waals surface area contributed by atoms with Gasteiger partial charge in [0.2, 0.25) is 0 Å². The topological polar surface area (TPSA) is 13.1 Å². The standard InChI is InChI=1S/C21H29ClNO/c1-3-5-10-18(4-2)17-24-21(16-23-13-7-6-8-14-23)19-11-9-12-20(22)15-19/h6-9,11-15,18,21H,3-5,10,16-17H2,1-2H3/q+1. The monoisotopic (exact) mass is 346 g/mol. The lowest BCUT2D eigenvalue weighted by Gasteiger charge is -2.20. The Morgan fingerprint density at radius 3 is 2.54 bits per heavy atom. The lowest BCUT2D eigenvalue weighted by atomic mass is 10.0. The minimum absolute atomic E-state index is 0.0202. The van der Waals surface area contributed by atoms with Gasteiger partial charge in [-0.25, -0.2) is 4.57 Å². The Morgan fingerprint density at radius 1 is 1.08 bits per heavy atom. The van der Waals surface area contributed by atoms with Crippen molar-refractivity contribution in [2.75, 3.05) is 6.61 Å². The van der Waals surface area contributed by atoms with Gasteiger partial charge >= 0.3 is 0 Å². The fourth-order valence-electron chi connectivity index (χ4n) is 2.86. The number of nitrogens with zero attached hydrogens (tertiary/aromatic N) is 1. The number of pyridine rings is 1. The molecule has 0 fully saturated rings. The molecule has 2 unspecified atom stereocenters. The zero-order chi connectivity index (χ0) is 17.2. The molecule has 0 aliphatic rings. The number of ether oxygens (including phenoxy) is 1. The molecular weight excluding hydrogens is 318 g/mol. The molecule has 0 spiro atoms. The van der Waals surface area contributed by atoms with Gasteiger partial charge in [0.15, 0.2) is 18.9 Å². The predicted molar refractivity (Wildman–Crippen MR) is 100 cm³/mol. The van der Waals surface area contributed by atoms with Crippen molar-refractivity contribution in [3.63, 3.8) is 0 Å². The highest BCUT2D eigenvalue weighted by Gasteiger charge is 2.19. The van der Waals surface area contributed by atoms with E-state index in [0.717, 1.165) is 23.7 Å². The second-order valence-corrected chi connectivity index (χ2v) is 6.80. The molecule has 0 N–H and O–H groups in total. The zero-order valence-electron chi connectivity index (χ0n) is 14.8. The summed E-state index contributed by atoms with van der Waals surface area (Å²) in [6.07, 6.45) is 9.11. The molecule has 0 saturated carbocycles. The summed E-state index contributed by atoms with van der Waals surface area (Å²) in [5.41, 5.74) is 1.14. The Kier molecular flexibility index (Phi) is 8.27. The first-order valence-corrected chi connectivity index (χ1v) is 9.41. The first-order valence-electron chi connectivity index (χ1n) is 9.04. The van der Waals surface area contributed by atoms with Gasteiger partial charge in [0.25, 0.3) is 0 Å². The number of rotatable bonds is 10. The molecule has 130 valence electrons. The van der Waals surface area contributed by atoms with Crippen LogP contribution in [0.15, 0.2) is 54.9 Å².